The van der Waals surface area contributed by atoms with Crippen LogP contribution in [0.2, 0.25) is 0 Å². The lowest BCUT2D eigenvalue weighted by atomic mass is 9.55. The van der Waals surface area contributed by atoms with Crippen LogP contribution in [0.15, 0.2) is 77.5 Å². The highest BCUT2D eigenvalue weighted by atomic mass is 33.1. The van der Waals surface area contributed by atoms with Crippen molar-refractivity contribution in [3.8, 4) is 63.6 Å². The minimum Gasteiger partial charge on any atom is -0.508 e. The van der Waals surface area contributed by atoms with Gasteiger partial charge in [-0.3, -0.25) is 4.79 Å². The Morgan fingerprint density at radius 2 is 1.80 bits per heavy atom. The number of hydrogen-bond acceptors (Lipinski definition) is 16. The van der Waals surface area contributed by atoms with Crippen LogP contribution < -0.4 is 35.9 Å². The number of carbonyl (C=O) groups is 1. The summed E-state index contributed by atoms with van der Waals surface area (Å²) in [5, 5.41) is 59.4. The van der Waals surface area contributed by atoms with Crippen LogP contribution in [0.3, 0.4) is 0 Å². The van der Waals surface area contributed by atoms with Gasteiger partial charge in [-0.1, -0.05) is 127 Å². The molecule has 11 aliphatic rings. The highest BCUT2D eigenvalue weighted by molar-refractivity contribution is 8.76. The van der Waals surface area contributed by atoms with E-state index in [9.17, 15) is 25.2 Å². The Morgan fingerprint density at radius 1 is 0.935 bits per heavy atom. The first-order chi connectivity index (χ1) is 44.9. The Balaban J connectivity index is 1.08. The molecule has 0 amide bonds. The molecule has 2 spiro atoms. The maximum Gasteiger partial charge on any atom is 0.302 e. The fourth-order valence-corrected chi connectivity index (χ4v) is 21.8. The lowest BCUT2D eigenvalue weighted by molar-refractivity contribution is -0.141. The van der Waals surface area contributed by atoms with Crippen LogP contribution in [0.5, 0.6) is 28.7 Å². The molecule has 15 rings (SSSR count). The van der Waals surface area contributed by atoms with Gasteiger partial charge in [0.1, 0.15) is 42.0 Å². The molecule has 6 heterocycles. The molecule has 3 saturated carbocycles. The molecule has 14 atom stereocenters. The highest BCUT2D eigenvalue weighted by Crippen LogP contribution is 2.66. The Morgan fingerprint density at radius 3 is 2.63 bits per heavy atom. The summed E-state index contributed by atoms with van der Waals surface area (Å²) in [4.78, 5) is 13.5. The van der Waals surface area contributed by atoms with Gasteiger partial charge in [-0.05, 0) is 139 Å². The van der Waals surface area contributed by atoms with Gasteiger partial charge < -0.3 is 65.8 Å². The van der Waals surface area contributed by atoms with E-state index < -0.39 is 42.3 Å². The third-order valence-corrected chi connectivity index (χ3v) is 25.8. The topological polar surface area (TPSA) is 206 Å². The first-order valence-corrected chi connectivity index (χ1v) is 36.6. The summed E-state index contributed by atoms with van der Waals surface area (Å²) in [7, 11) is 5.48. The maximum absolute atomic E-state index is 13.7. The number of aromatic hydroxyl groups is 2. The van der Waals surface area contributed by atoms with E-state index in [1.54, 1.807) is 13.2 Å². The molecule has 1 unspecified atom stereocenters. The third kappa shape index (κ3) is 10.9. The number of allylic oxidation sites excluding steroid dienone is 3. The minimum absolute atomic E-state index is 0.00365. The molecule has 4 fully saturated rings. The zero-order chi connectivity index (χ0) is 63.0. The average molecular weight is 1280 g/mol. The number of methoxy groups -OCH3 is 1. The van der Waals surface area contributed by atoms with E-state index in [-0.39, 0.29) is 78.4 Å². The van der Waals surface area contributed by atoms with Crippen molar-refractivity contribution in [2.45, 2.75) is 170 Å². The molecular weight excluding hydrogens is 1190 g/mol. The molecule has 9 N–H and O–H groups in total. The molecule has 5 aliphatic carbocycles. The fraction of sp³-hybridized carbons (Fsp3) is 0.539. The molecule has 92 heavy (non-hydrogen) atoms. The van der Waals surface area contributed by atoms with Crippen LogP contribution in [0.4, 0.5) is 0 Å². The van der Waals surface area contributed by atoms with Crippen molar-refractivity contribution < 1.29 is 48.9 Å². The number of nitrogens with one attached hydrogen (secondary N) is 3. The molecular formula is C76H88N4O10S2. The molecule has 1 saturated heterocycles. The zero-order valence-corrected chi connectivity index (χ0v) is 54.9. The summed E-state index contributed by atoms with van der Waals surface area (Å²) in [6.45, 7) is 3.84. The van der Waals surface area contributed by atoms with Gasteiger partial charge in [0.15, 0.2) is 18.3 Å². The fourth-order valence-electron chi connectivity index (χ4n) is 19.2. The molecule has 4 aromatic rings. The number of aliphatic hydroxyl groups excluding tert-OH is 2. The normalized spacial score (nSPS) is 31.9. The first-order valence-electron chi connectivity index (χ1n) is 34.1. The number of carbonyl (C=O) groups excluding carboxylic acids is 1. The molecule has 14 nitrogen and oxygen atoms in total. The zero-order valence-electron chi connectivity index (χ0n) is 53.3. The van der Waals surface area contributed by atoms with E-state index in [0.29, 0.717) is 71.9 Å². The van der Waals surface area contributed by atoms with Gasteiger partial charge in [0.05, 0.1) is 30.4 Å². The second kappa shape index (κ2) is 25.6. The van der Waals surface area contributed by atoms with E-state index in [4.69, 9.17) is 29.4 Å². The van der Waals surface area contributed by atoms with Crippen molar-refractivity contribution in [3.05, 3.63) is 128 Å². The number of hydrogen-bond donors (Lipinski definition) is 8. The number of benzene rings is 4. The van der Waals surface area contributed by atoms with Gasteiger partial charge in [0.2, 0.25) is 0 Å². The van der Waals surface area contributed by atoms with Crippen LogP contribution in [-0.2, 0) is 44.5 Å². The Kier molecular flexibility index (Phi) is 17.3. The largest absolute Gasteiger partial charge is 0.508 e. The molecule has 11 bridgehead atoms. The number of dihydropyridines is 1. The van der Waals surface area contributed by atoms with Crippen molar-refractivity contribution in [1.82, 2.24) is 16.0 Å². The Labute approximate surface area is 549 Å². The summed E-state index contributed by atoms with van der Waals surface area (Å²) < 4.78 is 34.2. The molecule has 0 aromatic heterocycles. The van der Waals surface area contributed by atoms with Crippen LogP contribution in [0.25, 0.3) is 17.2 Å². The molecule has 484 valence electrons. The van der Waals surface area contributed by atoms with Crippen LogP contribution in [0.1, 0.15) is 165 Å². The SMILES string of the molecule is CCC1=CC2=C(C#C[C@@H]3C#C[C@@H]4Cc5cccc(c5)C5(CCCCC5)[C@@H]2[C@H]2CC[C@]5(Cc6cc(O)cc(OCO)c6-c6ccc7c(c65)O[C@H](c5c6c(c(O)c(c53)CNC[C@@H](CO)[C@H]4COC)O[C@H]3CSSC[C@@H]4CCC[C@@H](C4)N[C@H]3C=C6)[C@H]7COC(C)=O)C2)NC1N. The number of esters is 1. The second-order valence-electron chi connectivity index (χ2n) is 28.4. The summed E-state index contributed by atoms with van der Waals surface area (Å²) in [5.41, 5.74) is 19.3. The van der Waals surface area contributed by atoms with Gasteiger partial charge in [0, 0.05) is 119 Å². The van der Waals surface area contributed by atoms with Gasteiger partial charge in [-0.25, -0.2) is 0 Å². The van der Waals surface area contributed by atoms with Crippen LogP contribution in [-0.4, -0.2) is 103 Å². The summed E-state index contributed by atoms with van der Waals surface area (Å²) in [6.07, 6.45) is 19.3. The van der Waals surface area contributed by atoms with Crippen LogP contribution >= 0.6 is 21.6 Å². The van der Waals surface area contributed by atoms with Gasteiger partial charge >= 0.3 is 5.97 Å². The summed E-state index contributed by atoms with van der Waals surface area (Å²) in [6, 6.07) is 17.3. The van der Waals surface area contributed by atoms with Crippen molar-refractivity contribution in [2.24, 2.45) is 41.2 Å². The van der Waals surface area contributed by atoms with Crippen molar-refractivity contribution >= 4 is 33.6 Å². The standard InChI is InChI=1S/C76H88N4O10S2/c1-4-45-30-57-61(80-74(45)77)20-16-46-14-15-47-26-43-10-8-12-51(27-43)76(23-6-5-7-24-76)68(57)48-22-25-75(32-48)33-49-29-53(84)31-63(88-41-82)65(49)55-18-17-54-60(38-87-42(2)83)71(90-72(54)69(55)75)67-56-19-21-62-64(40-92-91-39-44-11-9-13-52(28-44)79-62)89-73(56)70(85)58(66(46)67)35-78-34-50(36-81)59(47)37-86-3/h8,10,12,17-19,21,27,29-31,44,46-48,50,52,59-60,62,64,68,71,74,78-82,84-85H,4-7,9,11,13,22-26,28,32-41,77H2,1-3H3/t44-,46+,47-,48+,50+,52+,59+,60+,62+,64+,68-,71+,74?,75-/m1/s1. The van der Waals surface area contributed by atoms with Crippen molar-refractivity contribution in [1.29, 1.82) is 0 Å². The van der Waals surface area contributed by atoms with Gasteiger partial charge in [-0.2, -0.15) is 0 Å². The number of ether oxygens (including phenoxy) is 5. The van der Waals surface area contributed by atoms with Gasteiger partial charge in [0.25, 0.3) is 0 Å². The number of aliphatic hydroxyl groups is 2. The van der Waals surface area contributed by atoms with E-state index >= 15 is 0 Å². The summed E-state index contributed by atoms with van der Waals surface area (Å²) >= 11 is 0. The number of phenols is 2. The monoisotopic (exact) mass is 1280 g/mol. The lowest BCUT2D eigenvalue weighted by Crippen LogP contribution is -2.49. The lowest BCUT2D eigenvalue weighted by Gasteiger charge is -2.49. The molecule has 4 aromatic carbocycles. The summed E-state index contributed by atoms with van der Waals surface area (Å²) in [5.74, 6) is 17.0. The average Bonchev–Trinajstić information content (AvgIpc) is 1.47. The number of phenolic OH excluding ortho intramolecular Hbond substituents is 2. The van der Waals surface area contributed by atoms with E-state index in [1.165, 1.54) is 30.0 Å². The van der Waals surface area contributed by atoms with E-state index in [1.807, 2.05) is 27.7 Å². The van der Waals surface area contributed by atoms with E-state index in [0.717, 1.165) is 133 Å². The Hall–Kier alpha value is -6.05. The predicted molar refractivity (Wildman–Crippen MR) is 360 cm³/mol. The quantitative estimate of drug-likeness (QED) is 0.0357. The number of rotatable bonds is 8. The third-order valence-electron chi connectivity index (χ3n) is 23.2. The molecule has 6 aliphatic heterocycles. The molecule has 0 radical (unpaired) electrons. The minimum atomic E-state index is -0.878. The Bertz CT molecular complexity index is 3800. The van der Waals surface area contributed by atoms with Crippen molar-refractivity contribution in [2.75, 3.05) is 51.8 Å². The second-order valence-corrected chi connectivity index (χ2v) is 30.9. The maximum atomic E-state index is 13.7. The number of fused-ring (bicyclic) bond motifs is 16. The van der Waals surface area contributed by atoms with Crippen LogP contribution in [0, 0.1) is 59.2 Å². The smallest absolute Gasteiger partial charge is 0.302 e. The molecule has 16 heteroatoms. The van der Waals surface area contributed by atoms with E-state index in [2.05, 4.69) is 101 Å². The highest BCUT2D eigenvalue weighted by Gasteiger charge is 2.57. The van der Waals surface area contributed by atoms with Gasteiger partial charge in [-0.15, -0.1) is 0 Å². The predicted octanol–water partition coefficient (Wildman–Crippen LogP) is 11.4. The first kappa shape index (κ1) is 62.1. The van der Waals surface area contributed by atoms with Crippen molar-refractivity contribution in [3.63, 3.8) is 0 Å². The number of nitrogens with two attached hydrogens (primary N) is 1.